The molecule has 0 unspecified atom stereocenters. The van der Waals surface area contributed by atoms with Gasteiger partial charge in [0.05, 0.1) is 6.54 Å². The second kappa shape index (κ2) is 7.64. The predicted molar refractivity (Wildman–Crippen MR) is 91.3 cm³/mol. The first kappa shape index (κ1) is 17.4. The highest BCUT2D eigenvalue weighted by Crippen LogP contribution is 2.31. The van der Waals surface area contributed by atoms with Crippen molar-refractivity contribution in [2.24, 2.45) is 5.92 Å². The summed E-state index contributed by atoms with van der Waals surface area (Å²) in [6, 6.07) is 0.793. The van der Waals surface area contributed by atoms with E-state index in [1.54, 1.807) is 0 Å². The van der Waals surface area contributed by atoms with E-state index in [9.17, 15) is 4.79 Å². The number of hydrogen-bond donors (Lipinski definition) is 0. The number of nitrogens with zero attached hydrogens (tertiary/aromatic N) is 4. The summed E-state index contributed by atoms with van der Waals surface area (Å²) in [7, 11) is 0. The molecule has 2 aliphatic rings. The Morgan fingerprint density at radius 3 is 2.75 bits per heavy atom. The van der Waals surface area contributed by atoms with Gasteiger partial charge in [-0.15, -0.1) is 0 Å². The van der Waals surface area contributed by atoms with Crippen LogP contribution in [0.4, 0.5) is 0 Å². The Morgan fingerprint density at radius 1 is 1.25 bits per heavy atom. The maximum Gasteiger partial charge on any atom is 0.240 e. The molecular formula is C18H30N4O2. The molecule has 1 aromatic rings. The number of carbonyl (C=O) groups excluding carboxylic acids is 1. The molecular weight excluding hydrogens is 304 g/mol. The third-order valence-electron chi connectivity index (χ3n) is 5.22. The minimum atomic E-state index is 0.293. The highest BCUT2D eigenvalue weighted by Gasteiger charge is 2.39. The first-order valence-corrected chi connectivity index (χ1v) is 9.43. The van der Waals surface area contributed by atoms with Gasteiger partial charge in [0.1, 0.15) is 0 Å². The number of aromatic nitrogens is 2. The Kier molecular flexibility index (Phi) is 5.54. The van der Waals surface area contributed by atoms with Crippen LogP contribution in [0.3, 0.4) is 0 Å². The van der Waals surface area contributed by atoms with Crippen LogP contribution >= 0.6 is 0 Å². The molecule has 6 heteroatoms. The quantitative estimate of drug-likeness (QED) is 0.800. The fourth-order valence-electron chi connectivity index (χ4n) is 4.17. The summed E-state index contributed by atoms with van der Waals surface area (Å²) in [6.07, 6.45) is 6.04. The van der Waals surface area contributed by atoms with Crippen LogP contribution in [0, 0.1) is 5.92 Å². The Hall–Kier alpha value is -1.43. The first-order valence-electron chi connectivity index (χ1n) is 9.43. The maximum absolute atomic E-state index is 12.2. The Bertz CT molecular complexity index is 557. The van der Waals surface area contributed by atoms with Crippen molar-refractivity contribution in [3.05, 3.63) is 11.7 Å². The summed E-state index contributed by atoms with van der Waals surface area (Å²) in [5, 5.41) is 4.10. The molecule has 2 saturated heterocycles. The third kappa shape index (κ3) is 3.79. The second-order valence-electron chi connectivity index (χ2n) is 7.53. The van der Waals surface area contributed by atoms with Crippen LogP contribution in [0.5, 0.6) is 0 Å². The smallest absolute Gasteiger partial charge is 0.240 e. The van der Waals surface area contributed by atoms with E-state index in [0.717, 1.165) is 44.6 Å². The molecule has 2 atom stereocenters. The number of amides is 1. The molecule has 0 radical (unpaired) electrons. The fourth-order valence-corrected chi connectivity index (χ4v) is 4.17. The van der Waals surface area contributed by atoms with Crippen molar-refractivity contribution in [2.75, 3.05) is 13.1 Å². The molecule has 3 rings (SSSR count). The summed E-state index contributed by atoms with van der Waals surface area (Å²) >= 11 is 0. The van der Waals surface area contributed by atoms with Crippen molar-refractivity contribution in [3.63, 3.8) is 0 Å². The molecule has 0 bridgehead atoms. The van der Waals surface area contributed by atoms with Crippen LogP contribution in [0.1, 0.15) is 64.6 Å². The van der Waals surface area contributed by atoms with Gasteiger partial charge in [-0.2, -0.15) is 4.98 Å². The Labute approximate surface area is 144 Å². The lowest BCUT2D eigenvalue weighted by atomic mass is 10.0. The van der Waals surface area contributed by atoms with Crippen LogP contribution in [0.15, 0.2) is 4.52 Å². The van der Waals surface area contributed by atoms with Crippen LogP contribution in [0.25, 0.3) is 0 Å². The number of hydrogen-bond acceptors (Lipinski definition) is 5. The summed E-state index contributed by atoms with van der Waals surface area (Å²) in [5.74, 6) is 2.34. The van der Waals surface area contributed by atoms with Crippen LogP contribution in [-0.2, 0) is 17.8 Å². The van der Waals surface area contributed by atoms with Crippen molar-refractivity contribution < 1.29 is 9.32 Å². The van der Waals surface area contributed by atoms with E-state index < -0.39 is 0 Å². The standard InChI is InChI=1S/C18H30N4O2/c1-4-18(23)22-10-6-8-15(22)14-7-5-9-21(14)12-17-19-16(20-24-17)11-13(2)3/h13-15H,4-12H2,1-3H3/t14-,15-/m1/s1. The van der Waals surface area contributed by atoms with Crippen molar-refractivity contribution >= 4 is 5.91 Å². The summed E-state index contributed by atoms with van der Waals surface area (Å²) in [6.45, 7) is 8.95. The molecule has 0 aromatic carbocycles. The lowest BCUT2D eigenvalue weighted by Gasteiger charge is -2.34. The van der Waals surface area contributed by atoms with E-state index in [2.05, 4.69) is 33.8 Å². The minimum absolute atomic E-state index is 0.293. The summed E-state index contributed by atoms with van der Waals surface area (Å²) in [4.78, 5) is 21.3. The van der Waals surface area contributed by atoms with Crippen molar-refractivity contribution in [1.29, 1.82) is 0 Å². The van der Waals surface area contributed by atoms with E-state index in [0.29, 0.717) is 42.8 Å². The monoisotopic (exact) mass is 334 g/mol. The van der Waals surface area contributed by atoms with Gasteiger partial charge in [0.2, 0.25) is 11.8 Å². The molecule has 0 saturated carbocycles. The molecule has 1 aromatic heterocycles. The molecule has 0 N–H and O–H groups in total. The van der Waals surface area contributed by atoms with Crippen LogP contribution in [0.2, 0.25) is 0 Å². The molecule has 0 spiro atoms. The SMILES string of the molecule is CCC(=O)N1CCC[C@@H]1[C@H]1CCCN1Cc1nc(CC(C)C)no1. The molecule has 6 nitrogen and oxygen atoms in total. The van der Waals surface area contributed by atoms with Crippen LogP contribution in [-0.4, -0.2) is 51.0 Å². The zero-order chi connectivity index (χ0) is 17.1. The van der Waals surface area contributed by atoms with Gasteiger partial charge in [-0.3, -0.25) is 9.69 Å². The zero-order valence-electron chi connectivity index (χ0n) is 15.2. The van der Waals surface area contributed by atoms with E-state index in [-0.39, 0.29) is 0 Å². The van der Waals surface area contributed by atoms with Gasteiger partial charge >= 0.3 is 0 Å². The average Bonchev–Trinajstić information content (AvgIpc) is 3.26. The van der Waals surface area contributed by atoms with Gasteiger partial charge in [0.25, 0.3) is 0 Å². The van der Waals surface area contributed by atoms with Crippen molar-refractivity contribution in [3.8, 4) is 0 Å². The van der Waals surface area contributed by atoms with Crippen molar-refractivity contribution in [1.82, 2.24) is 19.9 Å². The Morgan fingerprint density at radius 2 is 2.00 bits per heavy atom. The van der Waals surface area contributed by atoms with Gasteiger partial charge in [-0.05, 0) is 38.1 Å². The number of rotatable bonds is 6. The molecule has 24 heavy (non-hydrogen) atoms. The molecule has 134 valence electrons. The lowest BCUT2D eigenvalue weighted by molar-refractivity contribution is -0.132. The first-order chi connectivity index (χ1) is 11.6. The molecule has 3 heterocycles. The highest BCUT2D eigenvalue weighted by atomic mass is 16.5. The van der Waals surface area contributed by atoms with Gasteiger partial charge in [0, 0.05) is 31.5 Å². The van der Waals surface area contributed by atoms with Gasteiger partial charge < -0.3 is 9.42 Å². The van der Waals surface area contributed by atoms with Crippen LogP contribution < -0.4 is 0 Å². The highest BCUT2D eigenvalue weighted by molar-refractivity contribution is 5.76. The maximum atomic E-state index is 12.2. The molecule has 2 aliphatic heterocycles. The van der Waals surface area contributed by atoms with Gasteiger partial charge in [0.15, 0.2) is 5.82 Å². The largest absolute Gasteiger partial charge is 0.338 e. The number of likely N-dealkylation sites (tertiary alicyclic amines) is 2. The van der Waals surface area contributed by atoms with Gasteiger partial charge in [-0.1, -0.05) is 25.9 Å². The molecule has 2 fully saturated rings. The zero-order valence-corrected chi connectivity index (χ0v) is 15.2. The summed E-state index contributed by atoms with van der Waals surface area (Å²) in [5.41, 5.74) is 0. The third-order valence-corrected chi connectivity index (χ3v) is 5.22. The van der Waals surface area contributed by atoms with Crippen molar-refractivity contribution in [2.45, 2.75) is 77.9 Å². The minimum Gasteiger partial charge on any atom is -0.338 e. The van der Waals surface area contributed by atoms with E-state index >= 15 is 0 Å². The van der Waals surface area contributed by atoms with E-state index in [1.807, 2.05) is 6.92 Å². The number of carbonyl (C=O) groups is 1. The fraction of sp³-hybridized carbons (Fsp3) is 0.833. The Balaban J connectivity index is 1.65. The normalized spacial score (nSPS) is 25.1. The molecule has 0 aliphatic carbocycles. The van der Waals surface area contributed by atoms with E-state index in [4.69, 9.17) is 4.52 Å². The topological polar surface area (TPSA) is 62.5 Å². The summed E-state index contributed by atoms with van der Waals surface area (Å²) < 4.78 is 5.45. The lowest BCUT2D eigenvalue weighted by Crippen LogP contribution is -2.47. The van der Waals surface area contributed by atoms with Gasteiger partial charge in [-0.25, -0.2) is 0 Å². The molecule has 1 amide bonds. The predicted octanol–water partition coefficient (Wildman–Crippen LogP) is 2.63. The second-order valence-corrected chi connectivity index (χ2v) is 7.53. The average molecular weight is 334 g/mol. The van der Waals surface area contributed by atoms with E-state index in [1.165, 1.54) is 6.42 Å².